The molecule has 2 aromatic carbocycles. The van der Waals surface area contributed by atoms with Crippen molar-refractivity contribution in [3.8, 4) is 0 Å². The normalized spacial score (nSPS) is 12.8. The second-order valence-corrected chi connectivity index (χ2v) is 17.7. The van der Waals surface area contributed by atoms with E-state index in [9.17, 15) is 19.5 Å². The van der Waals surface area contributed by atoms with Gasteiger partial charge in [-0.25, -0.2) is 9.59 Å². The van der Waals surface area contributed by atoms with E-state index in [1.54, 1.807) is 48.5 Å². The van der Waals surface area contributed by atoms with E-state index in [-0.39, 0.29) is 5.91 Å². The average Bonchev–Trinajstić information content (AvgIpc) is 3.28. The number of aliphatic hydroxyl groups is 1. The Morgan fingerprint density at radius 1 is 0.459 bits per heavy atom. The Labute approximate surface area is 373 Å². The van der Waals surface area contributed by atoms with Gasteiger partial charge in [-0.15, -0.1) is 0 Å². The number of rotatable bonds is 41. The molecule has 0 bridgehead atoms. The van der Waals surface area contributed by atoms with Crippen LogP contribution in [-0.4, -0.2) is 47.8 Å². The molecule has 0 unspecified atom stereocenters. The number of unbranched alkanes of at least 4 members (excludes halogenated alkanes) is 29. The number of carbonyl (C=O) groups is 3. The van der Waals surface area contributed by atoms with Crippen LogP contribution in [0.4, 0.5) is 0 Å². The molecule has 0 spiro atoms. The monoisotopic (exact) mass is 848 g/mol. The number of nitrogens with one attached hydrogen (secondary N) is 1. The first-order valence-corrected chi connectivity index (χ1v) is 25.4. The van der Waals surface area contributed by atoms with Crippen LogP contribution in [0.2, 0.25) is 0 Å². The summed E-state index contributed by atoms with van der Waals surface area (Å²) in [6, 6.07) is 16.5. The van der Waals surface area contributed by atoms with E-state index in [0.717, 1.165) is 44.9 Å². The van der Waals surface area contributed by atoms with E-state index >= 15 is 0 Å². The maximum absolute atomic E-state index is 13.5. The zero-order chi connectivity index (χ0) is 43.9. The molecule has 0 saturated carbocycles. The highest BCUT2D eigenvalue weighted by atomic mass is 16.6. The van der Waals surface area contributed by atoms with Gasteiger partial charge in [-0.2, -0.15) is 0 Å². The zero-order valence-electron chi connectivity index (χ0n) is 39.0. The van der Waals surface area contributed by atoms with E-state index in [1.807, 2.05) is 12.1 Å². The summed E-state index contributed by atoms with van der Waals surface area (Å²) in [5, 5.41) is 13.7. The standard InChI is InChI=1S/C54H89NO6/c1-3-5-7-9-11-13-15-17-18-19-20-21-22-23-25-27-29-31-39-45-51(57)55-49(46-56)52(61-54(59)48-42-36-33-37-43-48)50(60-53(58)47-40-34-32-35-41-47)44-38-30-28-26-24-16-14-12-10-8-6-4-2/h32-37,40-43,49-50,52,56H,3-31,38-39,44-46H2,1-2H3,(H,55,57)/t49-,50+,52-/m0/s1. The van der Waals surface area contributed by atoms with Crippen molar-refractivity contribution >= 4 is 17.8 Å². The fraction of sp³-hybridized carbons (Fsp3) is 0.722. The summed E-state index contributed by atoms with van der Waals surface area (Å²) in [6.45, 7) is 4.07. The molecule has 1 amide bonds. The van der Waals surface area contributed by atoms with E-state index in [1.165, 1.54) is 154 Å². The first-order valence-electron chi connectivity index (χ1n) is 25.4. The van der Waals surface area contributed by atoms with Gasteiger partial charge in [0.05, 0.1) is 23.8 Å². The molecule has 0 aliphatic rings. The van der Waals surface area contributed by atoms with E-state index in [0.29, 0.717) is 24.0 Å². The minimum absolute atomic E-state index is 0.203. The molecule has 0 aliphatic carbocycles. The molecule has 2 rings (SSSR count). The Hall–Kier alpha value is -3.19. The molecule has 2 aromatic rings. The Kier molecular flexibility index (Phi) is 34.0. The molecule has 0 fully saturated rings. The van der Waals surface area contributed by atoms with E-state index < -0.39 is 36.8 Å². The zero-order valence-corrected chi connectivity index (χ0v) is 39.0. The van der Waals surface area contributed by atoms with Crippen molar-refractivity contribution in [1.29, 1.82) is 0 Å². The molecule has 346 valence electrons. The lowest BCUT2D eigenvalue weighted by atomic mass is 9.98. The molecule has 0 aliphatic heterocycles. The van der Waals surface area contributed by atoms with Crippen molar-refractivity contribution in [2.45, 2.75) is 244 Å². The molecule has 7 nitrogen and oxygen atoms in total. The predicted molar refractivity (Wildman–Crippen MR) is 254 cm³/mol. The predicted octanol–water partition coefficient (Wildman–Crippen LogP) is 14.8. The molecule has 0 saturated heterocycles. The number of esters is 2. The van der Waals surface area contributed by atoms with Gasteiger partial charge in [-0.1, -0.05) is 236 Å². The number of hydrogen-bond donors (Lipinski definition) is 2. The van der Waals surface area contributed by atoms with Crippen molar-refractivity contribution in [2.75, 3.05) is 6.61 Å². The second kappa shape index (κ2) is 38.5. The third-order valence-electron chi connectivity index (χ3n) is 12.2. The van der Waals surface area contributed by atoms with Crippen LogP contribution in [0, 0.1) is 0 Å². The summed E-state index contributed by atoms with van der Waals surface area (Å²) in [5.41, 5.74) is 0.743. The summed E-state index contributed by atoms with van der Waals surface area (Å²) in [6.07, 6.45) is 37.7. The molecule has 0 heterocycles. The summed E-state index contributed by atoms with van der Waals surface area (Å²) in [4.78, 5) is 40.3. The number of hydrogen-bond acceptors (Lipinski definition) is 6. The van der Waals surface area contributed by atoms with Crippen molar-refractivity contribution in [3.63, 3.8) is 0 Å². The van der Waals surface area contributed by atoms with Gasteiger partial charge < -0.3 is 19.9 Å². The lowest BCUT2D eigenvalue weighted by molar-refractivity contribution is -0.124. The molecule has 0 aromatic heterocycles. The van der Waals surface area contributed by atoms with Crippen LogP contribution in [0.3, 0.4) is 0 Å². The quantitative estimate of drug-likeness (QED) is 0.0510. The fourth-order valence-electron chi connectivity index (χ4n) is 8.31. The maximum Gasteiger partial charge on any atom is 0.338 e. The lowest BCUT2D eigenvalue weighted by Crippen LogP contribution is -2.53. The molecule has 3 atom stereocenters. The average molecular weight is 848 g/mol. The third-order valence-corrected chi connectivity index (χ3v) is 12.2. The Morgan fingerprint density at radius 3 is 1.15 bits per heavy atom. The number of benzene rings is 2. The van der Waals surface area contributed by atoms with Crippen LogP contribution in [-0.2, 0) is 14.3 Å². The topological polar surface area (TPSA) is 102 Å². The summed E-state index contributed by atoms with van der Waals surface area (Å²) in [5.74, 6) is -1.32. The minimum atomic E-state index is -1.08. The van der Waals surface area contributed by atoms with E-state index in [4.69, 9.17) is 9.47 Å². The van der Waals surface area contributed by atoms with Gasteiger partial charge in [0, 0.05) is 6.42 Å². The van der Waals surface area contributed by atoms with Crippen LogP contribution in [0.1, 0.15) is 246 Å². The lowest BCUT2D eigenvalue weighted by Gasteiger charge is -2.33. The smallest absolute Gasteiger partial charge is 0.338 e. The van der Waals surface area contributed by atoms with Gasteiger partial charge in [0.1, 0.15) is 6.10 Å². The molecule has 2 N–H and O–H groups in total. The van der Waals surface area contributed by atoms with E-state index in [2.05, 4.69) is 19.2 Å². The van der Waals surface area contributed by atoms with Gasteiger partial charge in [-0.05, 0) is 43.5 Å². The van der Waals surface area contributed by atoms with Gasteiger partial charge >= 0.3 is 11.9 Å². The number of ether oxygens (including phenoxy) is 2. The number of amides is 1. The molecule has 0 radical (unpaired) electrons. The largest absolute Gasteiger partial charge is 0.455 e. The molecular weight excluding hydrogens is 759 g/mol. The molecule has 7 heteroatoms. The summed E-state index contributed by atoms with van der Waals surface area (Å²) < 4.78 is 12.2. The highest BCUT2D eigenvalue weighted by Crippen LogP contribution is 2.22. The van der Waals surface area contributed by atoms with Gasteiger partial charge in [0.2, 0.25) is 5.91 Å². The Bertz CT molecular complexity index is 1320. The van der Waals surface area contributed by atoms with Crippen LogP contribution in [0.5, 0.6) is 0 Å². The minimum Gasteiger partial charge on any atom is -0.455 e. The number of carbonyl (C=O) groups excluding carboxylic acids is 3. The van der Waals surface area contributed by atoms with Crippen molar-refractivity contribution in [1.82, 2.24) is 5.32 Å². The van der Waals surface area contributed by atoms with Crippen LogP contribution in [0.15, 0.2) is 60.7 Å². The van der Waals surface area contributed by atoms with Crippen molar-refractivity contribution in [2.24, 2.45) is 0 Å². The highest BCUT2D eigenvalue weighted by molar-refractivity contribution is 5.90. The van der Waals surface area contributed by atoms with Gasteiger partial charge in [-0.3, -0.25) is 4.79 Å². The third kappa shape index (κ3) is 28.2. The first-order chi connectivity index (χ1) is 30.0. The highest BCUT2D eigenvalue weighted by Gasteiger charge is 2.36. The van der Waals surface area contributed by atoms with Crippen LogP contribution in [0.25, 0.3) is 0 Å². The summed E-state index contributed by atoms with van der Waals surface area (Å²) >= 11 is 0. The maximum atomic E-state index is 13.5. The first kappa shape index (κ1) is 53.9. The van der Waals surface area contributed by atoms with Crippen LogP contribution < -0.4 is 5.32 Å². The Balaban J connectivity index is 1.84. The number of aliphatic hydroxyl groups excluding tert-OH is 1. The van der Waals surface area contributed by atoms with Crippen LogP contribution >= 0.6 is 0 Å². The Morgan fingerprint density at radius 2 is 0.787 bits per heavy atom. The SMILES string of the molecule is CCCCCCCCCCCCCCCCCCCCCC(=O)N[C@@H](CO)[C@H](OC(=O)c1ccccc1)[C@@H](CCCCCCCCCCCCCC)OC(=O)c1ccccc1. The van der Waals surface area contributed by atoms with Gasteiger partial charge in [0.25, 0.3) is 0 Å². The molecular formula is C54H89NO6. The fourth-order valence-corrected chi connectivity index (χ4v) is 8.31. The van der Waals surface area contributed by atoms with Crippen molar-refractivity contribution in [3.05, 3.63) is 71.8 Å². The van der Waals surface area contributed by atoms with Gasteiger partial charge in [0.15, 0.2) is 6.10 Å². The van der Waals surface area contributed by atoms with Crippen molar-refractivity contribution < 1.29 is 29.0 Å². The second-order valence-electron chi connectivity index (χ2n) is 17.7. The summed E-state index contributed by atoms with van der Waals surface area (Å²) in [7, 11) is 0. The molecule has 61 heavy (non-hydrogen) atoms.